The van der Waals surface area contributed by atoms with Crippen molar-refractivity contribution in [2.45, 2.75) is 56.9 Å². The van der Waals surface area contributed by atoms with E-state index in [0.717, 1.165) is 29.7 Å². The normalized spacial score (nSPS) is 12.8. The van der Waals surface area contributed by atoms with E-state index in [-0.39, 0.29) is 11.6 Å². The van der Waals surface area contributed by atoms with Gasteiger partial charge in [0.15, 0.2) is 0 Å². The summed E-state index contributed by atoms with van der Waals surface area (Å²) in [6.45, 7) is 8.24. The minimum absolute atomic E-state index is 0.0229. The van der Waals surface area contributed by atoms with Crippen LogP contribution in [0.15, 0.2) is 0 Å². The third-order valence-electron chi connectivity index (χ3n) is 2.44. The predicted octanol–water partition coefficient (Wildman–Crippen LogP) is 1.95. The van der Waals surface area contributed by atoms with E-state index in [4.69, 9.17) is 9.16 Å². The quantitative estimate of drug-likeness (QED) is 0.312. The van der Waals surface area contributed by atoms with Gasteiger partial charge < -0.3 is 9.16 Å². The molecular weight excluding hydrogens is 288 g/mol. The third-order valence-corrected chi connectivity index (χ3v) is 3.87. The van der Waals surface area contributed by atoms with Gasteiger partial charge in [-0.2, -0.15) is 0 Å². The summed E-state index contributed by atoms with van der Waals surface area (Å²) in [6, 6.07) is 0. The molecule has 0 atom stereocenters. The van der Waals surface area contributed by atoms with Crippen molar-refractivity contribution in [3.63, 3.8) is 0 Å². The van der Waals surface area contributed by atoms with E-state index in [9.17, 15) is 4.79 Å². The molecule has 0 rings (SSSR count). The van der Waals surface area contributed by atoms with Gasteiger partial charge in [0, 0.05) is 5.60 Å². The number of carbonyl (C=O) groups is 1. The van der Waals surface area contributed by atoms with Gasteiger partial charge in [-0.15, -0.1) is 0 Å². The Hall–Kier alpha value is 0.127. The Morgan fingerprint density at radius 2 is 1.81 bits per heavy atom. The fraction of sp³-hybridized carbons (Fsp3) is 0.909. The SMILES string of the molecule is CC(C)(CCCCOC(=O)C(C)(C)Br)O[SiH3]. The monoisotopic (exact) mass is 310 g/mol. The van der Waals surface area contributed by atoms with Gasteiger partial charge in [-0.05, 0) is 47.0 Å². The van der Waals surface area contributed by atoms with Gasteiger partial charge >= 0.3 is 5.97 Å². The van der Waals surface area contributed by atoms with Crippen LogP contribution < -0.4 is 0 Å². The van der Waals surface area contributed by atoms with E-state index >= 15 is 0 Å². The van der Waals surface area contributed by atoms with Gasteiger partial charge in [0.25, 0.3) is 0 Å². The second-order valence-electron chi connectivity index (χ2n) is 5.03. The van der Waals surface area contributed by atoms with Crippen molar-refractivity contribution in [2.24, 2.45) is 0 Å². The summed E-state index contributed by atoms with van der Waals surface area (Å²) >= 11 is 3.27. The van der Waals surface area contributed by atoms with Crippen LogP contribution >= 0.6 is 15.9 Å². The van der Waals surface area contributed by atoms with Crippen LogP contribution in [0.1, 0.15) is 47.0 Å². The van der Waals surface area contributed by atoms with Gasteiger partial charge in [0.1, 0.15) is 14.8 Å². The van der Waals surface area contributed by atoms with Crippen LogP contribution in [-0.2, 0) is 14.0 Å². The number of unbranched alkanes of at least 4 members (excludes halogenated alkanes) is 1. The molecule has 0 aliphatic rings. The summed E-state index contributed by atoms with van der Waals surface area (Å²) in [7, 11) is 0.766. The Labute approximate surface area is 110 Å². The van der Waals surface area contributed by atoms with Crippen molar-refractivity contribution in [2.75, 3.05) is 6.61 Å². The molecule has 0 aliphatic heterocycles. The molecule has 0 N–H and O–H groups in total. The van der Waals surface area contributed by atoms with Gasteiger partial charge in [0.2, 0.25) is 0 Å². The zero-order valence-corrected chi connectivity index (χ0v) is 14.5. The zero-order chi connectivity index (χ0) is 12.8. The Kier molecular flexibility index (Phi) is 6.82. The molecule has 0 aromatic heterocycles. The van der Waals surface area contributed by atoms with Gasteiger partial charge in [-0.25, -0.2) is 0 Å². The van der Waals surface area contributed by atoms with Crippen LogP contribution in [0.2, 0.25) is 0 Å². The molecule has 3 nitrogen and oxygen atoms in total. The van der Waals surface area contributed by atoms with Crippen molar-refractivity contribution in [1.29, 1.82) is 0 Å². The van der Waals surface area contributed by atoms with Crippen LogP contribution in [0.4, 0.5) is 0 Å². The van der Waals surface area contributed by atoms with E-state index in [2.05, 4.69) is 29.8 Å². The second kappa shape index (κ2) is 6.76. The largest absolute Gasteiger partial charge is 0.465 e. The first kappa shape index (κ1) is 16.1. The van der Waals surface area contributed by atoms with Crippen LogP contribution in [0.3, 0.4) is 0 Å². The molecule has 0 aliphatic carbocycles. The summed E-state index contributed by atoms with van der Waals surface area (Å²) in [4.78, 5) is 11.4. The topological polar surface area (TPSA) is 35.5 Å². The van der Waals surface area contributed by atoms with Crippen molar-refractivity contribution < 1.29 is 14.0 Å². The molecule has 96 valence electrons. The van der Waals surface area contributed by atoms with E-state index in [1.54, 1.807) is 13.8 Å². The van der Waals surface area contributed by atoms with Crippen LogP contribution in [-0.4, -0.2) is 33.0 Å². The molecule has 0 unspecified atom stereocenters. The minimum atomic E-state index is -0.579. The molecule has 0 saturated heterocycles. The maximum atomic E-state index is 11.4. The number of alkyl halides is 1. The average Bonchev–Trinajstić information content (AvgIpc) is 2.15. The van der Waals surface area contributed by atoms with Crippen molar-refractivity contribution in [1.82, 2.24) is 0 Å². The maximum Gasteiger partial charge on any atom is 0.322 e. The molecule has 5 heteroatoms. The molecule has 0 aromatic carbocycles. The Morgan fingerprint density at radius 3 is 2.25 bits per heavy atom. The lowest BCUT2D eigenvalue weighted by molar-refractivity contribution is -0.145. The number of carbonyl (C=O) groups excluding carboxylic acids is 1. The summed E-state index contributed by atoms with van der Waals surface area (Å²) in [5.74, 6) is -0.203. The van der Waals surface area contributed by atoms with Gasteiger partial charge in [0.05, 0.1) is 6.61 Å². The lowest BCUT2D eigenvalue weighted by Gasteiger charge is -2.23. The first-order chi connectivity index (χ1) is 7.19. The van der Waals surface area contributed by atoms with E-state index < -0.39 is 4.32 Å². The fourth-order valence-corrected chi connectivity index (χ4v) is 1.41. The van der Waals surface area contributed by atoms with Crippen LogP contribution in [0.5, 0.6) is 0 Å². The Morgan fingerprint density at radius 1 is 1.25 bits per heavy atom. The smallest absolute Gasteiger partial charge is 0.322 e. The molecule has 0 heterocycles. The summed E-state index contributed by atoms with van der Waals surface area (Å²) in [5, 5.41) is 0. The lowest BCUT2D eigenvalue weighted by Crippen LogP contribution is -2.27. The fourth-order valence-electron chi connectivity index (χ4n) is 1.09. The van der Waals surface area contributed by atoms with Gasteiger partial charge in [-0.3, -0.25) is 4.79 Å². The van der Waals surface area contributed by atoms with E-state index in [0.29, 0.717) is 6.61 Å². The maximum absolute atomic E-state index is 11.4. The van der Waals surface area contributed by atoms with Crippen molar-refractivity contribution >= 4 is 32.4 Å². The number of rotatable bonds is 7. The number of hydrogen-bond donors (Lipinski definition) is 0. The predicted molar refractivity (Wildman–Crippen MR) is 72.9 cm³/mol. The molecule has 0 fully saturated rings. The van der Waals surface area contributed by atoms with E-state index in [1.807, 2.05) is 0 Å². The first-order valence-corrected chi connectivity index (χ1v) is 7.21. The molecule has 16 heavy (non-hydrogen) atoms. The second-order valence-corrected chi connectivity index (χ2v) is 7.42. The number of esters is 1. The van der Waals surface area contributed by atoms with Gasteiger partial charge in [-0.1, -0.05) is 15.9 Å². The zero-order valence-electron chi connectivity index (χ0n) is 10.9. The number of ether oxygens (including phenoxy) is 1. The Bertz CT molecular complexity index is 224. The molecule has 0 bridgehead atoms. The molecular formula is C11H23BrO3Si. The van der Waals surface area contributed by atoms with Crippen molar-refractivity contribution in [3.8, 4) is 0 Å². The highest BCUT2D eigenvalue weighted by Gasteiger charge is 2.25. The summed E-state index contributed by atoms with van der Waals surface area (Å²) in [5.41, 5.74) is -0.0229. The standard InChI is InChI=1S/C11H23BrO3Si/c1-10(2,15-16)7-5-6-8-14-9(13)11(3,4)12/h5-8H2,1-4,16H3. The average molecular weight is 311 g/mol. The summed E-state index contributed by atoms with van der Waals surface area (Å²) in [6.07, 6.45) is 2.92. The number of hydrogen-bond acceptors (Lipinski definition) is 3. The summed E-state index contributed by atoms with van der Waals surface area (Å²) < 4.78 is 10.0. The lowest BCUT2D eigenvalue weighted by atomic mass is 10.0. The highest BCUT2D eigenvalue weighted by Crippen LogP contribution is 2.19. The molecule has 0 spiro atoms. The molecule has 0 amide bonds. The molecule has 0 radical (unpaired) electrons. The molecule has 0 aromatic rings. The highest BCUT2D eigenvalue weighted by molar-refractivity contribution is 9.10. The Balaban J connectivity index is 3.59. The third kappa shape index (κ3) is 7.41. The minimum Gasteiger partial charge on any atom is -0.465 e. The van der Waals surface area contributed by atoms with Crippen LogP contribution in [0.25, 0.3) is 0 Å². The van der Waals surface area contributed by atoms with Crippen LogP contribution in [0, 0.1) is 0 Å². The first-order valence-electron chi connectivity index (χ1n) is 5.60. The number of halogens is 1. The van der Waals surface area contributed by atoms with Crippen molar-refractivity contribution in [3.05, 3.63) is 0 Å². The van der Waals surface area contributed by atoms with E-state index in [1.165, 1.54) is 0 Å². The molecule has 0 saturated carbocycles. The highest BCUT2D eigenvalue weighted by atomic mass is 79.9.